The smallest absolute Gasteiger partial charge is 0.316 e. The number of amides is 1. The Hall–Kier alpha value is -1.38. The molecule has 3 N–H and O–H groups in total. The minimum absolute atomic E-state index is 0.0159. The molecule has 0 radical (unpaired) electrons. The molecule has 7 nitrogen and oxygen atoms in total. The predicted octanol–water partition coefficient (Wildman–Crippen LogP) is 4.60. The summed E-state index contributed by atoms with van der Waals surface area (Å²) in [5.41, 5.74) is 4.70. The third-order valence-electron chi connectivity index (χ3n) is 11.7. The van der Waals surface area contributed by atoms with E-state index in [0.717, 1.165) is 32.1 Å². The van der Waals surface area contributed by atoms with E-state index in [1.54, 1.807) is 11.8 Å². The van der Waals surface area contributed by atoms with Gasteiger partial charge >= 0.3 is 5.97 Å². The summed E-state index contributed by atoms with van der Waals surface area (Å²) >= 11 is 1.55. The number of piperidine rings is 1. The predicted molar refractivity (Wildman–Crippen MR) is 160 cm³/mol. The molecule has 1 saturated heterocycles. The Morgan fingerprint density at radius 3 is 2.60 bits per heavy atom. The molecule has 0 spiro atoms. The highest BCUT2D eigenvalue weighted by molar-refractivity contribution is 8.00. The standard InChI is InChI=1S/C32H52N2O5S/c1-8-30(6)16-24(31(7)20(4)11-13-32(21(5)28(30)37)14-12-23(35)27(31)32)39-25(36)18-40-22-10-9-15-34(17-22)29(38)26(33)19(2)3/h8,19-22,24,26-28,37H,1,9-18,33H2,2-7H3/t20-,21+,22+,24-,26-,27+,28+,30-,31?,32+/m1/s1. The molecule has 40 heavy (non-hydrogen) atoms. The van der Waals surface area contributed by atoms with Crippen LogP contribution in [-0.4, -0.2) is 70.0 Å². The molecule has 10 atom stereocenters. The number of esters is 1. The van der Waals surface area contributed by atoms with E-state index in [1.165, 1.54) is 0 Å². The lowest BCUT2D eigenvalue weighted by atomic mass is 9.44. The first-order chi connectivity index (χ1) is 18.7. The fourth-order valence-electron chi connectivity index (χ4n) is 8.65. The molecule has 0 aromatic heterocycles. The van der Waals surface area contributed by atoms with Crippen molar-refractivity contribution in [1.82, 2.24) is 4.90 Å². The summed E-state index contributed by atoms with van der Waals surface area (Å²) in [5.74, 6) is 0.158. The van der Waals surface area contributed by atoms with Gasteiger partial charge in [0.1, 0.15) is 11.9 Å². The topological polar surface area (TPSA) is 110 Å². The average molecular weight is 577 g/mol. The van der Waals surface area contributed by atoms with Crippen molar-refractivity contribution in [2.45, 2.75) is 110 Å². The monoisotopic (exact) mass is 576 g/mol. The zero-order valence-corrected chi connectivity index (χ0v) is 26.3. The van der Waals surface area contributed by atoms with Crippen LogP contribution >= 0.6 is 11.8 Å². The molecule has 3 aliphatic carbocycles. The van der Waals surface area contributed by atoms with E-state index in [4.69, 9.17) is 10.5 Å². The molecule has 1 aliphatic heterocycles. The van der Waals surface area contributed by atoms with Crippen molar-refractivity contribution in [3.05, 3.63) is 12.7 Å². The van der Waals surface area contributed by atoms with Crippen LogP contribution < -0.4 is 5.73 Å². The number of likely N-dealkylation sites (tertiary alicyclic amines) is 1. The number of aliphatic hydroxyl groups is 1. The third-order valence-corrected chi connectivity index (χ3v) is 13.0. The van der Waals surface area contributed by atoms with E-state index in [1.807, 2.05) is 31.7 Å². The quantitative estimate of drug-likeness (QED) is 0.337. The van der Waals surface area contributed by atoms with E-state index < -0.39 is 29.1 Å². The van der Waals surface area contributed by atoms with Crippen molar-refractivity contribution in [2.75, 3.05) is 18.8 Å². The second-order valence-corrected chi connectivity index (χ2v) is 15.5. The van der Waals surface area contributed by atoms with E-state index >= 15 is 0 Å². The van der Waals surface area contributed by atoms with Crippen molar-refractivity contribution >= 4 is 29.4 Å². The van der Waals surface area contributed by atoms with Crippen molar-refractivity contribution in [3.63, 3.8) is 0 Å². The number of carbonyl (C=O) groups is 3. The Balaban J connectivity index is 1.52. The number of ketones is 1. The highest BCUT2D eigenvalue weighted by Gasteiger charge is 2.68. The van der Waals surface area contributed by atoms with Crippen molar-refractivity contribution in [1.29, 1.82) is 0 Å². The number of Topliss-reactive ketones (excluding diaryl/α,β-unsaturated/α-hetero) is 1. The van der Waals surface area contributed by atoms with Crippen molar-refractivity contribution in [2.24, 2.45) is 45.7 Å². The maximum Gasteiger partial charge on any atom is 0.316 e. The summed E-state index contributed by atoms with van der Waals surface area (Å²) in [7, 11) is 0. The van der Waals surface area contributed by atoms with Crippen molar-refractivity contribution < 1.29 is 24.2 Å². The second-order valence-electron chi connectivity index (χ2n) is 14.2. The molecule has 0 aromatic carbocycles. The zero-order chi connectivity index (χ0) is 29.6. The lowest BCUT2D eigenvalue weighted by molar-refractivity contribution is -0.205. The van der Waals surface area contributed by atoms with E-state index in [2.05, 4.69) is 27.4 Å². The molecule has 1 unspecified atom stereocenters. The number of hydrogen-bond donors (Lipinski definition) is 2. The van der Waals surface area contributed by atoms with E-state index in [-0.39, 0.29) is 57.7 Å². The van der Waals surface area contributed by atoms with Gasteiger partial charge in [0.15, 0.2) is 0 Å². The summed E-state index contributed by atoms with van der Waals surface area (Å²) in [6.45, 7) is 17.8. The molecular weight excluding hydrogens is 524 g/mol. The third kappa shape index (κ3) is 5.30. The molecule has 4 rings (SSSR count). The average Bonchev–Trinajstić information content (AvgIpc) is 3.29. The Bertz CT molecular complexity index is 1000. The summed E-state index contributed by atoms with van der Waals surface area (Å²) in [5, 5.41) is 11.8. The first kappa shape index (κ1) is 31.6. The normalized spacial score (nSPS) is 42.5. The van der Waals surface area contributed by atoms with E-state index in [0.29, 0.717) is 25.9 Å². The summed E-state index contributed by atoms with van der Waals surface area (Å²) in [6, 6.07) is -0.506. The van der Waals surface area contributed by atoms with Crippen LogP contribution in [-0.2, 0) is 19.1 Å². The van der Waals surface area contributed by atoms with E-state index in [9.17, 15) is 19.5 Å². The number of ether oxygens (including phenoxy) is 1. The molecule has 4 fully saturated rings. The van der Waals surface area contributed by atoms with Crippen LogP contribution in [0.15, 0.2) is 12.7 Å². The summed E-state index contributed by atoms with van der Waals surface area (Å²) < 4.78 is 6.38. The number of aliphatic hydroxyl groups excluding tert-OH is 1. The highest BCUT2D eigenvalue weighted by Crippen LogP contribution is 2.68. The SMILES string of the molecule is C=C[C@]1(C)C[C@@H](OC(=O)CS[C@H]2CCCN(C(=O)[C@H](N)C(C)C)C2)C2(C)[C@H](C)CC[C@]3(CCC(=O)[C@@H]23)[C@@H](C)[C@@H]1O. The van der Waals surface area contributed by atoms with Crippen LogP contribution in [0.5, 0.6) is 0 Å². The van der Waals surface area contributed by atoms with Gasteiger partial charge in [0, 0.05) is 41.5 Å². The van der Waals surface area contributed by atoms with Crippen molar-refractivity contribution in [3.8, 4) is 0 Å². The Morgan fingerprint density at radius 2 is 1.95 bits per heavy atom. The Kier molecular flexibility index (Phi) is 9.24. The van der Waals surface area contributed by atoms with Gasteiger partial charge in [0.05, 0.1) is 17.9 Å². The molecule has 4 aliphatic rings. The molecule has 226 valence electrons. The zero-order valence-electron chi connectivity index (χ0n) is 25.5. The van der Waals surface area contributed by atoms with Crippen LogP contribution in [0, 0.1) is 39.9 Å². The lowest BCUT2D eigenvalue weighted by Crippen LogP contribution is -2.63. The Morgan fingerprint density at radius 1 is 1.25 bits per heavy atom. The number of nitrogens with zero attached hydrogens (tertiary/aromatic N) is 1. The lowest BCUT2D eigenvalue weighted by Gasteiger charge is -2.61. The van der Waals surface area contributed by atoms with Crippen LogP contribution in [0.3, 0.4) is 0 Å². The van der Waals surface area contributed by atoms with Gasteiger partial charge in [0.2, 0.25) is 5.91 Å². The number of rotatable bonds is 7. The van der Waals surface area contributed by atoms with Crippen LogP contribution in [0.1, 0.15) is 86.5 Å². The number of thioether (sulfide) groups is 1. The van der Waals surface area contributed by atoms with Gasteiger partial charge in [-0.15, -0.1) is 18.3 Å². The first-order valence-corrected chi connectivity index (χ1v) is 16.5. The molecule has 3 saturated carbocycles. The highest BCUT2D eigenvalue weighted by atomic mass is 32.2. The van der Waals surface area contributed by atoms with Gasteiger partial charge in [-0.3, -0.25) is 14.4 Å². The fourth-order valence-corrected chi connectivity index (χ4v) is 9.71. The van der Waals surface area contributed by atoms with Crippen LogP contribution in [0.4, 0.5) is 0 Å². The summed E-state index contributed by atoms with van der Waals surface area (Å²) in [6.07, 6.45) is 6.12. The maximum atomic E-state index is 13.6. The summed E-state index contributed by atoms with van der Waals surface area (Å²) in [4.78, 5) is 41.7. The number of carbonyl (C=O) groups excluding carboxylic acids is 3. The maximum absolute atomic E-state index is 13.6. The van der Waals surface area contributed by atoms with Crippen LogP contribution in [0.25, 0.3) is 0 Å². The molecule has 2 bridgehead atoms. The molecule has 0 aromatic rings. The largest absolute Gasteiger partial charge is 0.461 e. The van der Waals surface area contributed by atoms with Gasteiger partial charge in [0.25, 0.3) is 0 Å². The van der Waals surface area contributed by atoms with Gasteiger partial charge in [-0.25, -0.2) is 0 Å². The second kappa shape index (κ2) is 11.7. The number of hydrogen-bond acceptors (Lipinski definition) is 7. The van der Waals surface area contributed by atoms with Gasteiger partial charge in [-0.2, -0.15) is 0 Å². The Labute approximate surface area is 245 Å². The molecule has 8 heteroatoms. The number of nitrogens with two attached hydrogens (primary N) is 1. The van der Waals surface area contributed by atoms with Gasteiger partial charge < -0.3 is 20.5 Å². The van der Waals surface area contributed by atoms with Gasteiger partial charge in [-0.1, -0.05) is 47.6 Å². The molecule has 1 heterocycles. The molecule has 1 amide bonds. The molecular formula is C32H52N2O5S. The minimum atomic E-state index is -0.671. The minimum Gasteiger partial charge on any atom is -0.461 e. The van der Waals surface area contributed by atoms with Crippen LogP contribution in [0.2, 0.25) is 0 Å². The first-order valence-electron chi connectivity index (χ1n) is 15.4. The van der Waals surface area contributed by atoms with Gasteiger partial charge in [-0.05, 0) is 61.7 Å². The fraction of sp³-hybridized carbons (Fsp3) is 0.844.